The molecular weight excluding hydrogens is 368 g/mol. The Balaban J connectivity index is 1.51. The van der Waals surface area contributed by atoms with Gasteiger partial charge in [-0.25, -0.2) is 0 Å². The molecule has 0 bridgehead atoms. The number of nitrogens with zero attached hydrogens (tertiary/aromatic N) is 4. The van der Waals surface area contributed by atoms with Crippen molar-refractivity contribution in [2.24, 2.45) is 12.0 Å². The molecule has 1 fully saturated rings. The highest BCUT2D eigenvalue weighted by Gasteiger charge is 2.25. The Hall–Kier alpha value is -2.87. The third-order valence-corrected chi connectivity index (χ3v) is 4.73. The first kappa shape index (κ1) is 20.9. The molecule has 2 aromatic rings. The standard InChI is InChI=1S/C21H30N6O2/c1-3-22-21(23-10-9-20(28)24-13-17-7-5-4-6-8-17)27-11-12-29-19(16-27)18-14-25-26(2)15-18/h4-8,14-15,19H,3,9-13,16H2,1-2H3,(H,22,23)(H,24,28). The molecule has 1 aliphatic rings. The van der Waals surface area contributed by atoms with Crippen LogP contribution in [0.4, 0.5) is 0 Å². The summed E-state index contributed by atoms with van der Waals surface area (Å²) in [6, 6.07) is 9.90. The Morgan fingerprint density at radius 3 is 2.86 bits per heavy atom. The second-order valence-electron chi connectivity index (χ2n) is 7.00. The number of carbonyl (C=O) groups is 1. The molecule has 2 N–H and O–H groups in total. The summed E-state index contributed by atoms with van der Waals surface area (Å²) in [5, 5.41) is 10.5. The summed E-state index contributed by atoms with van der Waals surface area (Å²) in [6.07, 6.45) is 4.15. The van der Waals surface area contributed by atoms with Crippen molar-refractivity contribution in [1.29, 1.82) is 0 Å². The molecule has 0 radical (unpaired) electrons. The van der Waals surface area contributed by atoms with Gasteiger partial charge in [0.2, 0.25) is 5.91 Å². The van der Waals surface area contributed by atoms with Gasteiger partial charge in [-0.05, 0) is 12.5 Å². The highest BCUT2D eigenvalue weighted by atomic mass is 16.5. The number of hydrogen-bond donors (Lipinski definition) is 2. The highest BCUT2D eigenvalue weighted by molar-refractivity contribution is 5.81. The van der Waals surface area contributed by atoms with Crippen LogP contribution in [-0.2, 0) is 23.1 Å². The minimum Gasteiger partial charge on any atom is -0.370 e. The zero-order valence-corrected chi connectivity index (χ0v) is 17.2. The van der Waals surface area contributed by atoms with E-state index in [4.69, 9.17) is 4.74 Å². The molecular formula is C21H30N6O2. The Kier molecular flexibility index (Phi) is 7.63. The highest BCUT2D eigenvalue weighted by Crippen LogP contribution is 2.21. The predicted octanol–water partition coefficient (Wildman–Crippen LogP) is 1.47. The smallest absolute Gasteiger partial charge is 0.222 e. The van der Waals surface area contributed by atoms with Crippen LogP contribution in [0, 0.1) is 0 Å². The van der Waals surface area contributed by atoms with Gasteiger partial charge in [-0.15, -0.1) is 0 Å². The summed E-state index contributed by atoms with van der Waals surface area (Å²) in [7, 11) is 1.90. The monoisotopic (exact) mass is 398 g/mol. The van der Waals surface area contributed by atoms with Crippen LogP contribution in [0.15, 0.2) is 47.7 Å². The summed E-state index contributed by atoms with van der Waals surface area (Å²) in [6.45, 7) is 5.90. The van der Waals surface area contributed by atoms with Crippen molar-refractivity contribution < 1.29 is 9.53 Å². The third kappa shape index (κ3) is 6.32. The quantitative estimate of drug-likeness (QED) is 0.545. The van der Waals surface area contributed by atoms with E-state index >= 15 is 0 Å². The molecule has 0 aliphatic carbocycles. The molecule has 1 aromatic carbocycles. The van der Waals surface area contributed by atoms with Gasteiger partial charge in [0.05, 0.1) is 25.9 Å². The summed E-state index contributed by atoms with van der Waals surface area (Å²) in [5.41, 5.74) is 2.15. The van der Waals surface area contributed by atoms with Crippen molar-refractivity contribution in [3.63, 3.8) is 0 Å². The van der Waals surface area contributed by atoms with Crippen LogP contribution in [0.3, 0.4) is 0 Å². The summed E-state index contributed by atoms with van der Waals surface area (Å²) >= 11 is 0. The predicted molar refractivity (Wildman–Crippen MR) is 112 cm³/mol. The van der Waals surface area contributed by atoms with Crippen LogP contribution >= 0.6 is 0 Å². The van der Waals surface area contributed by atoms with E-state index in [1.807, 2.05) is 56.7 Å². The van der Waals surface area contributed by atoms with Crippen LogP contribution in [0.2, 0.25) is 0 Å². The van der Waals surface area contributed by atoms with Gasteiger partial charge < -0.3 is 20.3 Å². The topological polar surface area (TPSA) is 83.8 Å². The number of morpholine rings is 1. The lowest BCUT2D eigenvalue weighted by Gasteiger charge is -2.34. The lowest BCUT2D eigenvalue weighted by atomic mass is 10.1. The number of benzene rings is 1. The number of carbonyl (C=O) groups excluding carboxylic acids is 1. The number of aryl methyl sites for hydroxylation is 1. The molecule has 1 aliphatic heterocycles. The average Bonchev–Trinajstić information content (AvgIpc) is 3.19. The van der Waals surface area contributed by atoms with E-state index < -0.39 is 0 Å². The van der Waals surface area contributed by atoms with E-state index in [0.29, 0.717) is 32.7 Å². The Bertz CT molecular complexity index is 805. The van der Waals surface area contributed by atoms with Crippen LogP contribution in [0.1, 0.15) is 30.6 Å². The Morgan fingerprint density at radius 1 is 1.31 bits per heavy atom. The molecule has 1 unspecified atom stereocenters. The molecule has 3 rings (SSSR count). The van der Waals surface area contributed by atoms with E-state index in [1.54, 1.807) is 4.68 Å². The fourth-order valence-corrected chi connectivity index (χ4v) is 3.22. The lowest BCUT2D eigenvalue weighted by molar-refractivity contribution is -0.121. The van der Waals surface area contributed by atoms with Crippen LogP contribution in [0.5, 0.6) is 0 Å². The van der Waals surface area contributed by atoms with Gasteiger partial charge >= 0.3 is 0 Å². The molecule has 1 atom stereocenters. The minimum absolute atomic E-state index is 0.00339. The van der Waals surface area contributed by atoms with E-state index in [9.17, 15) is 4.79 Å². The SMILES string of the molecule is CCNC(=NCCC(=O)NCc1ccccc1)N1CCOC(c2cnn(C)c2)C1. The van der Waals surface area contributed by atoms with Gasteiger partial charge in [0, 0.05) is 44.9 Å². The van der Waals surface area contributed by atoms with Crippen molar-refractivity contribution in [2.75, 3.05) is 32.8 Å². The van der Waals surface area contributed by atoms with Crippen LogP contribution in [0.25, 0.3) is 0 Å². The Morgan fingerprint density at radius 2 is 2.14 bits per heavy atom. The van der Waals surface area contributed by atoms with Gasteiger partial charge in [0.25, 0.3) is 0 Å². The number of amides is 1. The molecule has 1 amide bonds. The van der Waals surface area contributed by atoms with Crippen molar-refractivity contribution in [1.82, 2.24) is 25.3 Å². The maximum absolute atomic E-state index is 12.1. The number of aromatic nitrogens is 2. The van der Waals surface area contributed by atoms with Crippen molar-refractivity contribution >= 4 is 11.9 Å². The molecule has 2 heterocycles. The number of ether oxygens (including phenoxy) is 1. The first-order valence-electron chi connectivity index (χ1n) is 10.1. The lowest BCUT2D eigenvalue weighted by Crippen LogP contribution is -2.48. The largest absolute Gasteiger partial charge is 0.370 e. The van der Waals surface area contributed by atoms with Crippen molar-refractivity contribution in [2.45, 2.75) is 26.0 Å². The van der Waals surface area contributed by atoms with Gasteiger partial charge in [0.15, 0.2) is 5.96 Å². The first-order valence-corrected chi connectivity index (χ1v) is 10.1. The molecule has 1 aromatic heterocycles. The second-order valence-corrected chi connectivity index (χ2v) is 7.00. The van der Waals surface area contributed by atoms with Gasteiger partial charge in [-0.3, -0.25) is 14.5 Å². The summed E-state index contributed by atoms with van der Waals surface area (Å²) in [5.74, 6) is 0.823. The number of nitrogens with one attached hydrogen (secondary N) is 2. The number of hydrogen-bond acceptors (Lipinski definition) is 4. The van der Waals surface area contributed by atoms with Crippen molar-refractivity contribution in [3.8, 4) is 0 Å². The van der Waals surface area contributed by atoms with Crippen LogP contribution in [-0.4, -0.2) is 59.3 Å². The van der Waals surface area contributed by atoms with Gasteiger partial charge in [0.1, 0.15) is 6.10 Å². The van der Waals surface area contributed by atoms with E-state index in [1.165, 1.54) is 0 Å². The maximum Gasteiger partial charge on any atom is 0.222 e. The van der Waals surface area contributed by atoms with Crippen molar-refractivity contribution in [3.05, 3.63) is 53.9 Å². The summed E-state index contributed by atoms with van der Waals surface area (Å²) < 4.78 is 7.69. The number of rotatable bonds is 7. The van der Waals surface area contributed by atoms with E-state index in [0.717, 1.165) is 30.2 Å². The van der Waals surface area contributed by atoms with Gasteiger partial charge in [-0.1, -0.05) is 30.3 Å². The average molecular weight is 399 g/mol. The zero-order chi connectivity index (χ0) is 20.5. The summed E-state index contributed by atoms with van der Waals surface area (Å²) in [4.78, 5) is 19.0. The fraction of sp³-hybridized carbons (Fsp3) is 0.476. The minimum atomic E-state index is -0.0320. The Labute approximate surface area is 171 Å². The number of aliphatic imine (C=N–C) groups is 1. The molecule has 156 valence electrons. The maximum atomic E-state index is 12.1. The first-order chi connectivity index (χ1) is 14.2. The molecule has 0 saturated carbocycles. The zero-order valence-electron chi connectivity index (χ0n) is 17.2. The molecule has 8 heteroatoms. The normalized spacial score (nSPS) is 17.2. The second kappa shape index (κ2) is 10.6. The van der Waals surface area contributed by atoms with E-state index in [2.05, 4.69) is 25.6 Å². The third-order valence-electron chi connectivity index (χ3n) is 4.73. The molecule has 8 nitrogen and oxygen atoms in total. The number of guanidine groups is 1. The van der Waals surface area contributed by atoms with E-state index in [-0.39, 0.29) is 12.0 Å². The van der Waals surface area contributed by atoms with Gasteiger partial charge in [-0.2, -0.15) is 5.10 Å². The van der Waals surface area contributed by atoms with Crippen LogP contribution < -0.4 is 10.6 Å². The molecule has 0 spiro atoms. The molecule has 29 heavy (non-hydrogen) atoms. The molecule has 1 saturated heterocycles. The fourth-order valence-electron chi connectivity index (χ4n) is 3.22.